The van der Waals surface area contributed by atoms with E-state index in [1.165, 1.54) is 12.1 Å². The van der Waals surface area contributed by atoms with Gasteiger partial charge in [-0.15, -0.1) is 0 Å². The van der Waals surface area contributed by atoms with Crippen LogP contribution in [0.2, 0.25) is 0 Å². The second-order valence-electron chi connectivity index (χ2n) is 7.75. The summed E-state index contributed by atoms with van der Waals surface area (Å²) in [6.07, 6.45) is 3.06. The molecule has 1 saturated heterocycles. The number of nitrogens with one attached hydrogen (secondary N) is 1. The second-order valence-corrected chi connectivity index (χ2v) is 9.52. The minimum atomic E-state index is -3.71. The molecule has 1 atom stereocenters. The lowest BCUT2D eigenvalue weighted by atomic mass is 10.0. The maximum Gasteiger partial charge on any atom is 0.254 e. The number of likely N-dealkylation sites (N-methyl/N-ethyl adjacent to an activating group) is 1. The lowest BCUT2D eigenvalue weighted by molar-refractivity contribution is 0.0574. The molecule has 29 heavy (non-hydrogen) atoms. The van der Waals surface area contributed by atoms with Crippen molar-refractivity contribution in [3.05, 3.63) is 65.7 Å². The van der Waals surface area contributed by atoms with Crippen LogP contribution in [0, 0.1) is 0 Å². The zero-order chi connectivity index (χ0) is 20.9. The number of rotatable bonds is 7. The summed E-state index contributed by atoms with van der Waals surface area (Å²) in [7, 11) is 0.299. The first-order chi connectivity index (χ1) is 13.9. The highest BCUT2D eigenvalue weighted by molar-refractivity contribution is 7.89. The maximum atomic E-state index is 13.1. The zero-order valence-corrected chi connectivity index (χ0v) is 17.9. The van der Waals surface area contributed by atoms with Gasteiger partial charge in [0.25, 0.3) is 5.91 Å². The van der Waals surface area contributed by atoms with E-state index in [9.17, 15) is 13.2 Å². The van der Waals surface area contributed by atoms with E-state index in [1.807, 2.05) is 49.3 Å². The molecule has 0 spiro atoms. The number of piperidine rings is 1. The van der Waals surface area contributed by atoms with Crippen molar-refractivity contribution in [3.8, 4) is 0 Å². The topological polar surface area (TPSA) is 69.7 Å². The highest BCUT2D eigenvalue weighted by atomic mass is 32.2. The molecule has 6 nitrogen and oxygen atoms in total. The van der Waals surface area contributed by atoms with Crippen molar-refractivity contribution in [1.82, 2.24) is 14.5 Å². The molecule has 1 N–H and O–H groups in total. The van der Waals surface area contributed by atoms with E-state index >= 15 is 0 Å². The van der Waals surface area contributed by atoms with E-state index in [0.717, 1.165) is 31.4 Å². The van der Waals surface area contributed by atoms with Gasteiger partial charge in [0.1, 0.15) is 0 Å². The molecule has 0 radical (unpaired) electrons. The molecule has 0 aromatic heterocycles. The Morgan fingerprint density at radius 2 is 1.86 bits per heavy atom. The predicted molar refractivity (Wildman–Crippen MR) is 114 cm³/mol. The van der Waals surface area contributed by atoms with Crippen LogP contribution >= 0.6 is 0 Å². The van der Waals surface area contributed by atoms with Crippen LogP contribution in [0.1, 0.15) is 35.2 Å². The summed E-state index contributed by atoms with van der Waals surface area (Å²) in [5.74, 6) is -0.100. The van der Waals surface area contributed by atoms with Gasteiger partial charge in [-0.3, -0.25) is 4.79 Å². The minimum absolute atomic E-state index is 0.100. The third kappa shape index (κ3) is 5.65. The highest BCUT2D eigenvalue weighted by Crippen LogP contribution is 2.21. The maximum absolute atomic E-state index is 13.1. The molecule has 1 aliphatic heterocycles. The van der Waals surface area contributed by atoms with Crippen molar-refractivity contribution in [2.75, 3.05) is 27.2 Å². The fourth-order valence-corrected chi connectivity index (χ4v) is 4.76. The lowest BCUT2D eigenvalue weighted by Crippen LogP contribution is -2.48. The molecule has 156 valence electrons. The summed E-state index contributed by atoms with van der Waals surface area (Å²) in [4.78, 5) is 17.2. The monoisotopic (exact) mass is 415 g/mol. The van der Waals surface area contributed by atoms with Gasteiger partial charge in [0.05, 0.1) is 4.90 Å². The Balaban J connectivity index is 1.76. The number of sulfonamides is 1. The Labute approximate surface area is 173 Å². The van der Waals surface area contributed by atoms with E-state index in [0.29, 0.717) is 12.1 Å². The van der Waals surface area contributed by atoms with Crippen LogP contribution < -0.4 is 4.72 Å². The van der Waals surface area contributed by atoms with Crippen molar-refractivity contribution >= 4 is 15.9 Å². The average Bonchev–Trinajstić information content (AvgIpc) is 2.73. The van der Waals surface area contributed by atoms with Crippen LogP contribution in [0.15, 0.2) is 59.5 Å². The number of likely N-dealkylation sites (tertiary alicyclic amines) is 1. The normalized spacial score (nSPS) is 17.5. The van der Waals surface area contributed by atoms with Gasteiger partial charge in [-0.05, 0) is 57.1 Å². The quantitative estimate of drug-likeness (QED) is 0.755. The number of hydrogen-bond acceptors (Lipinski definition) is 4. The van der Waals surface area contributed by atoms with E-state index in [4.69, 9.17) is 0 Å². The first-order valence-corrected chi connectivity index (χ1v) is 11.4. The van der Waals surface area contributed by atoms with Gasteiger partial charge in [-0.25, -0.2) is 13.1 Å². The SMILES string of the molecule is CN(C)CC1CCCCN1C(=O)c1cccc(S(=O)(=O)NCc2ccccc2)c1. The smallest absolute Gasteiger partial charge is 0.254 e. The Hall–Kier alpha value is -2.22. The average molecular weight is 416 g/mol. The third-order valence-corrected chi connectivity index (χ3v) is 6.56. The number of benzene rings is 2. The first kappa shape index (κ1) is 21.5. The highest BCUT2D eigenvalue weighted by Gasteiger charge is 2.28. The van der Waals surface area contributed by atoms with E-state index < -0.39 is 10.0 Å². The molecule has 1 unspecified atom stereocenters. The molecule has 0 saturated carbocycles. The van der Waals surface area contributed by atoms with Crippen LogP contribution in [-0.2, 0) is 16.6 Å². The third-order valence-electron chi connectivity index (χ3n) is 5.16. The van der Waals surface area contributed by atoms with E-state index in [1.54, 1.807) is 12.1 Å². The molecule has 1 amide bonds. The van der Waals surface area contributed by atoms with Gasteiger partial charge < -0.3 is 9.80 Å². The number of hydrogen-bond donors (Lipinski definition) is 1. The van der Waals surface area contributed by atoms with Gasteiger partial charge in [0, 0.05) is 31.2 Å². The Morgan fingerprint density at radius 1 is 1.10 bits per heavy atom. The van der Waals surface area contributed by atoms with Crippen LogP contribution in [0.4, 0.5) is 0 Å². The van der Waals surface area contributed by atoms with Gasteiger partial charge in [0.15, 0.2) is 0 Å². The summed E-state index contributed by atoms with van der Waals surface area (Å²) >= 11 is 0. The van der Waals surface area contributed by atoms with Crippen molar-refractivity contribution < 1.29 is 13.2 Å². The predicted octanol–water partition coefficient (Wildman–Crippen LogP) is 2.72. The summed E-state index contributed by atoms with van der Waals surface area (Å²) in [6.45, 7) is 1.72. The van der Waals surface area contributed by atoms with Crippen molar-refractivity contribution in [1.29, 1.82) is 0 Å². The number of carbonyl (C=O) groups is 1. The fraction of sp³-hybridized carbons (Fsp3) is 0.409. The Bertz CT molecular complexity index is 929. The second kappa shape index (κ2) is 9.52. The van der Waals surface area contributed by atoms with E-state index in [2.05, 4.69) is 9.62 Å². The van der Waals surface area contributed by atoms with Crippen molar-refractivity contribution in [2.45, 2.75) is 36.7 Å². The van der Waals surface area contributed by atoms with Gasteiger partial charge in [-0.2, -0.15) is 0 Å². The van der Waals surface area contributed by atoms with Crippen molar-refractivity contribution in [2.24, 2.45) is 0 Å². The van der Waals surface area contributed by atoms with Gasteiger partial charge in [0.2, 0.25) is 10.0 Å². The summed E-state index contributed by atoms with van der Waals surface area (Å²) in [5, 5.41) is 0. The molecular weight excluding hydrogens is 386 g/mol. The molecule has 0 bridgehead atoms. The molecule has 0 aliphatic carbocycles. The molecule has 1 aliphatic rings. The molecule has 1 heterocycles. The molecule has 2 aromatic rings. The number of carbonyl (C=O) groups excluding carboxylic acids is 1. The van der Waals surface area contributed by atoms with Crippen molar-refractivity contribution in [3.63, 3.8) is 0 Å². The minimum Gasteiger partial charge on any atom is -0.334 e. The van der Waals surface area contributed by atoms with Gasteiger partial charge >= 0.3 is 0 Å². The zero-order valence-electron chi connectivity index (χ0n) is 17.0. The van der Waals surface area contributed by atoms with Crippen LogP contribution in [0.5, 0.6) is 0 Å². The van der Waals surface area contributed by atoms with Crippen LogP contribution in [0.25, 0.3) is 0 Å². The van der Waals surface area contributed by atoms with Crippen LogP contribution in [-0.4, -0.2) is 57.4 Å². The Kier molecular flexibility index (Phi) is 7.05. The number of amides is 1. The molecule has 2 aromatic carbocycles. The summed E-state index contributed by atoms with van der Waals surface area (Å²) in [5.41, 5.74) is 1.29. The van der Waals surface area contributed by atoms with Crippen LogP contribution in [0.3, 0.4) is 0 Å². The van der Waals surface area contributed by atoms with Gasteiger partial charge in [-0.1, -0.05) is 36.4 Å². The fourth-order valence-electron chi connectivity index (χ4n) is 3.70. The lowest BCUT2D eigenvalue weighted by Gasteiger charge is -2.37. The molecular formula is C22H29N3O3S. The first-order valence-electron chi connectivity index (χ1n) is 9.96. The Morgan fingerprint density at radius 3 is 2.59 bits per heavy atom. The molecule has 7 heteroatoms. The van der Waals surface area contributed by atoms with E-state index in [-0.39, 0.29) is 23.4 Å². The summed E-state index contributed by atoms with van der Waals surface area (Å²) in [6, 6.07) is 15.8. The summed E-state index contributed by atoms with van der Waals surface area (Å²) < 4.78 is 28.1. The molecule has 1 fully saturated rings. The number of nitrogens with zero attached hydrogens (tertiary/aromatic N) is 2. The molecule has 3 rings (SSSR count). The largest absolute Gasteiger partial charge is 0.334 e. The standard InChI is InChI=1S/C22H29N3O3S/c1-24(2)17-20-12-6-7-14-25(20)22(26)19-11-8-13-21(15-19)29(27,28)23-16-18-9-4-3-5-10-18/h3-5,8-11,13,15,20,23H,6-7,12,14,16-17H2,1-2H3.